The molecule has 1 fully saturated rings. The maximum absolute atomic E-state index is 13.9. The van der Waals surface area contributed by atoms with Crippen molar-refractivity contribution in [2.24, 2.45) is 0 Å². The Morgan fingerprint density at radius 2 is 1.62 bits per heavy atom. The second kappa shape index (κ2) is 10.2. The Morgan fingerprint density at radius 1 is 0.906 bits per heavy atom. The van der Waals surface area contributed by atoms with Gasteiger partial charge in [-0.3, -0.25) is 14.5 Å². The lowest BCUT2D eigenvalue weighted by molar-refractivity contribution is -0.133. The molecule has 0 unspecified atom stereocenters. The van der Waals surface area contributed by atoms with E-state index in [1.54, 1.807) is 30.3 Å². The number of halogens is 1. The first-order chi connectivity index (χ1) is 15.6. The van der Waals surface area contributed by atoms with Gasteiger partial charge in [0.2, 0.25) is 11.8 Å². The molecule has 0 radical (unpaired) electrons. The zero-order chi connectivity index (χ0) is 22.3. The van der Waals surface area contributed by atoms with Crippen LogP contribution in [0.3, 0.4) is 0 Å². The van der Waals surface area contributed by atoms with E-state index in [2.05, 4.69) is 10.2 Å². The fourth-order valence-corrected chi connectivity index (χ4v) is 3.79. The molecule has 1 aliphatic heterocycles. The summed E-state index contributed by atoms with van der Waals surface area (Å²) in [6.45, 7) is 2.81. The van der Waals surface area contributed by atoms with Crippen LogP contribution >= 0.6 is 0 Å². The van der Waals surface area contributed by atoms with Crippen LogP contribution in [0.5, 0.6) is 0 Å². The second-order valence-corrected chi connectivity index (χ2v) is 7.82. The van der Waals surface area contributed by atoms with Crippen molar-refractivity contribution in [1.29, 1.82) is 0 Å². The van der Waals surface area contributed by atoms with Crippen molar-refractivity contribution in [2.75, 3.05) is 38.0 Å². The molecule has 2 amide bonds. The van der Waals surface area contributed by atoms with Gasteiger partial charge in [0.15, 0.2) is 0 Å². The lowest BCUT2D eigenvalue weighted by Gasteiger charge is -2.34. The summed E-state index contributed by atoms with van der Waals surface area (Å²) in [7, 11) is 0. The van der Waals surface area contributed by atoms with E-state index in [0.717, 1.165) is 5.69 Å². The Kier molecular flexibility index (Phi) is 6.97. The fraction of sp³-hybridized carbons (Fsp3) is 0.280. The molecule has 7 heteroatoms. The number of nitrogens with one attached hydrogen (secondary N) is 1. The monoisotopic (exact) mass is 435 g/mol. The molecule has 3 aromatic rings. The fourth-order valence-electron chi connectivity index (χ4n) is 3.79. The molecular weight excluding hydrogens is 409 g/mol. The summed E-state index contributed by atoms with van der Waals surface area (Å²) in [5.41, 5.74) is 1.19. The van der Waals surface area contributed by atoms with Crippen LogP contribution < -0.4 is 5.32 Å². The molecule has 0 spiro atoms. The Labute approximate surface area is 186 Å². The zero-order valence-corrected chi connectivity index (χ0v) is 17.8. The van der Waals surface area contributed by atoms with E-state index >= 15 is 0 Å². The number of aryl methyl sites for hydroxylation is 1. The average Bonchev–Trinajstić information content (AvgIpc) is 3.28. The van der Waals surface area contributed by atoms with Crippen molar-refractivity contribution < 1.29 is 18.4 Å². The van der Waals surface area contributed by atoms with Gasteiger partial charge in [-0.25, -0.2) is 4.39 Å². The molecule has 1 aromatic heterocycles. The summed E-state index contributed by atoms with van der Waals surface area (Å²) in [6.07, 6.45) is 0.797. The van der Waals surface area contributed by atoms with Crippen LogP contribution in [0.2, 0.25) is 0 Å². The first kappa shape index (κ1) is 21.8. The molecule has 6 nitrogen and oxygen atoms in total. The van der Waals surface area contributed by atoms with Crippen LogP contribution in [0.1, 0.15) is 12.2 Å². The summed E-state index contributed by atoms with van der Waals surface area (Å²) >= 11 is 0. The largest absolute Gasteiger partial charge is 0.461 e. The van der Waals surface area contributed by atoms with Gasteiger partial charge in [0, 0.05) is 44.7 Å². The number of furan rings is 1. The maximum atomic E-state index is 13.9. The number of hydrogen-bond donors (Lipinski definition) is 1. The van der Waals surface area contributed by atoms with Gasteiger partial charge in [0.05, 0.1) is 12.1 Å². The number of nitrogens with zero attached hydrogens (tertiary/aromatic N) is 2. The van der Waals surface area contributed by atoms with Crippen molar-refractivity contribution >= 4 is 17.5 Å². The van der Waals surface area contributed by atoms with Crippen molar-refractivity contribution in [2.45, 2.75) is 12.8 Å². The van der Waals surface area contributed by atoms with Gasteiger partial charge in [-0.1, -0.05) is 30.3 Å². The number of anilines is 1. The Balaban J connectivity index is 1.20. The molecule has 0 saturated carbocycles. The molecular formula is C25H26FN3O3. The third kappa shape index (κ3) is 5.62. The van der Waals surface area contributed by atoms with Crippen molar-refractivity contribution in [1.82, 2.24) is 9.80 Å². The van der Waals surface area contributed by atoms with Gasteiger partial charge in [-0.15, -0.1) is 0 Å². The third-order valence-electron chi connectivity index (χ3n) is 5.54. The van der Waals surface area contributed by atoms with E-state index in [1.807, 2.05) is 35.2 Å². The number of benzene rings is 2. The van der Waals surface area contributed by atoms with E-state index in [4.69, 9.17) is 4.42 Å². The average molecular weight is 435 g/mol. The minimum atomic E-state index is -0.334. The van der Waals surface area contributed by atoms with E-state index in [1.165, 1.54) is 6.07 Å². The Hall–Kier alpha value is -3.45. The van der Waals surface area contributed by atoms with Gasteiger partial charge in [-0.2, -0.15) is 0 Å². The molecule has 2 aromatic carbocycles. The molecule has 0 aliphatic carbocycles. The van der Waals surface area contributed by atoms with Crippen molar-refractivity contribution in [3.05, 3.63) is 78.3 Å². The maximum Gasteiger partial charge on any atom is 0.238 e. The summed E-state index contributed by atoms with van der Waals surface area (Å²) in [6, 6.07) is 19.4. The van der Waals surface area contributed by atoms with Crippen LogP contribution in [0.4, 0.5) is 10.1 Å². The summed E-state index contributed by atoms with van der Waals surface area (Å²) in [5.74, 6) is 0.794. The Morgan fingerprint density at radius 3 is 2.38 bits per heavy atom. The van der Waals surface area contributed by atoms with Crippen molar-refractivity contribution in [3.8, 4) is 11.3 Å². The highest BCUT2D eigenvalue weighted by atomic mass is 19.1. The molecule has 1 aliphatic rings. The summed E-state index contributed by atoms with van der Waals surface area (Å²) in [5, 5.41) is 2.88. The summed E-state index contributed by atoms with van der Waals surface area (Å²) < 4.78 is 19.6. The molecule has 1 saturated heterocycles. The molecule has 0 bridgehead atoms. The lowest BCUT2D eigenvalue weighted by atomic mass is 10.1. The highest BCUT2D eigenvalue weighted by Crippen LogP contribution is 2.25. The minimum absolute atomic E-state index is 0.0561. The van der Waals surface area contributed by atoms with Crippen LogP contribution in [-0.4, -0.2) is 54.3 Å². The van der Waals surface area contributed by atoms with Crippen LogP contribution in [0.25, 0.3) is 11.3 Å². The highest BCUT2D eigenvalue weighted by molar-refractivity contribution is 5.92. The lowest BCUT2D eigenvalue weighted by Crippen LogP contribution is -2.50. The van der Waals surface area contributed by atoms with Crippen LogP contribution in [-0.2, 0) is 16.0 Å². The highest BCUT2D eigenvalue weighted by Gasteiger charge is 2.22. The number of piperazine rings is 1. The predicted molar refractivity (Wildman–Crippen MR) is 121 cm³/mol. The quantitative estimate of drug-likeness (QED) is 0.613. The number of rotatable bonds is 7. The van der Waals surface area contributed by atoms with Crippen molar-refractivity contribution in [3.63, 3.8) is 0 Å². The van der Waals surface area contributed by atoms with Gasteiger partial charge in [0.25, 0.3) is 0 Å². The van der Waals surface area contributed by atoms with Crippen LogP contribution in [0, 0.1) is 5.82 Å². The third-order valence-corrected chi connectivity index (χ3v) is 5.54. The smallest absolute Gasteiger partial charge is 0.238 e. The molecule has 4 rings (SSSR count). The first-order valence-electron chi connectivity index (χ1n) is 10.8. The van der Waals surface area contributed by atoms with E-state index < -0.39 is 0 Å². The number of carbonyl (C=O) groups is 2. The molecule has 1 N–H and O–H groups in total. The second-order valence-electron chi connectivity index (χ2n) is 7.82. The summed E-state index contributed by atoms with van der Waals surface area (Å²) in [4.78, 5) is 28.7. The number of amides is 2. The molecule has 32 heavy (non-hydrogen) atoms. The normalized spacial score (nSPS) is 14.3. The van der Waals surface area contributed by atoms with E-state index in [0.29, 0.717) is 62.6 Å². The van der Waals surface area contributed by atoms with Crippen LogP contribution in [0.15, 0.2) is 71.1 Å². The van der Waals surface area contributed by atoms with Gasteiger partial charge < -0.3 is 14.6 Å². The number of carbonyl (C=O) groups excluding carboxylic acids is 2. The number of hydrogen-bond acceptors (Lipinski definition) is 4. The number of para-hydroxylation sites is 1. The van der Waals surface area contributed by atoms with Gasteiger partial charge in [0.1, 0.15) is 17.3 Å². The predicted octanol–water partition coefficient (Wildman–Crippen LogP) is 3.80. The van der Waals surface area contributed by atoms with Gasteiger partial charge >= 0.3 is 0 Å². The Bertz CT molecular complexity index is 1060. The standard InChI is InChI=1S/C25H26FN3O3/c26-22-9-5-4-8-21(22)23-12-10-20(32-23)11-13-25(31)29-16-14-28(15-17-29)18-24(30)27-19-6-2-1-3-7-19/h1-10,12H,11,13-18H2,(H,27,30). The van der Waals surface area contributed by atoms with Gasteiger partial charge in [-0.05, 0) is 36.4 Å². The first-order valence-corrected chi connectivity index (χ1v) is 10.8. The topological polar surface area (TPSA) is 65.8 Å². The molecule has 2 heterocycles. The van der Waals surface area contributed by atoms with E-state index in [9.17, 15) is 14.0 Å². The van der Waals surface area contributed by atoms with E-state index in [-0.39, 0.29) is 17.6 Å². The minimum Gasteiger partial charge on any atom is -0.461 e. The zero-order valence-electron chi connectivity index (χ0n) is 17.8. The SMILES string of the molecule is O=C(CN1CCN(C(=O)CCc2ccc(-c3ccccc3F)o2)CC1)Nc1ccccc1. The molecule has 0 atom stereocenters. The molecule has 166 valence electrons.